The van der Waals surface area contributed by atoms with Gasteiger partial charge in [0.1, 0.15) is 6.10 Å². The van der Waals surface area contributed by atoms with E-state index < -0.39 is 0 Å². The van der Waals surface area contributed by atoms with Crippen LogP contribution in [0, 0.1) is 0 Å². The number of hydrogen-bond acceptors (Lipinski definition) is 5. The Kier molecular flexibility index (Phi) is 4.71. The minimum atomic E-state index is -0.306. The van der Waals surface area contributed by atoms with Gasteiger partial charge in [-0.3, -0.25) is 14.2 Å². The van der Waals surface area contributed by atoms with E-state index in [0.717, 1.165) is 19.3 Å². The summed E-state index contributed by atoms with van der Waals surface area (Å²) in [6.07, 6.45) is 4.20. The highest BCUT2D eigenvalue weighted by atomic mass is 16.6. The van der Waals surface area contributed by atoms with E-state index in [4.69, 9.17) is 9.47 Å². The van der Waals surface area contributed by atoms with Crippen molar-refractivity contribution in [3.8, 4) is 0 Å². The van der Waals surface area contributed by atoms with Crippen molar-refractivity contribution in [2.75, 3.05) is 7.11 Å². The van der Waals surface area contributed by atoms with Crippen molar-refractivity contribution in [1.29, 1.82) is 0 Å². The molecule has 0 N–H and O–H groups in total. The van der Waals surface area contributed by atoms with Crippen LogP contribution in [-0.4, -0.2) is 34.8 Å². The van der Waals surface area contributed by atoms with E-state index in [0.29, 0.717) is 10.9 Å². The monoisotopic (exact) mass is 316 g/mol. The summed E-state index contributed by atoms with van der Waals surface area (Å²) in [7, 11) is 1.64. The maximum atomic E-state index is 12.3. The molecule has 3 rings (SSSR count). The summed E-state index contributed by atoms with van der Waals surface area (Å²) in [6, 6.07) is 7.17. The van der Waals surface area contributed by atoms with E-state index in [-0.39, 0.29) is 36.7 Å². The first kappa shape index (κ1) is 15.7. The van der Waals surface area contributed by atoms with Gasteiger partial charge in [0, 0.05) is 13.7 Å². The predicted octanol–water partition coefficient (Wildman–Crippen LogP) is 1.90. The van der Waals surface area contributed by atoms with Crippen LogP contribution in [0.2, 0.25) is 0 Å². The summed E-state index contributed by atoms with van der Waals surface area (Å²) in [6.45, 7) is 0.264. The van der Waals surface area contributed by atoms with Crippen LogP contribution >= 0.6 is 0 Å². The van der Waals surface area contributed by atoms with E-state index in [2.05, 4.69) is 4.98 Å². The zero-order valence-corrected chi connectivity index (χ0v) is 13.1. The number of carbonyl (C=O) groups is 1. The number of ether oxygens (including phenoxy) is 2. The molecule has 0 spiro atoms. The number of fused-ring (bicyclic) bond motifs is 1. The molecule has 0 unspecified atom stereocenters. The Hall–Kier alpha value is -2.21. The molecule has 1 saturated carbocycles. The molecule has 122 valence electrons. The van der Waals surface area contributed by atoms with Gasteiger partial charge < -0.3 is 9.47 Å². The van der Waals surface area contributed by atoms with Gasteiger partial charge in [-0.25, -0.2) is 4.98 Å². The van der Waals surface area contributed by atoms with Gasteiger partial charge in [-0.15, -0.1) is 0 Å². The van der Waals surface area contributed by atoms with Crippen molar-refractivity contribution in [1.82, 2.24) is 9.55 Å². The van der Waals surface area contributed by atoms with Gasteiger partial charge in [-0.1, -0.05) is 12.1 Å². The topological polar surface area (TPSA) is 70.4 Å². The molecule has 0 amide bonds. The third-order valence-corrected chi connectivity index (χ3v) is 4.27. The number of carbonyl (C=O) groups excluding carboxylic acids is 1. The number of aryl methyl sites for hydroxylation is 1. The lowest BCUT2D eigenvalue weighted by atomic mass is 10.2. The first-order chi connectivity index (χ1) is 11.2. The SMILES string of the molecule is CO[C@H]1CCC[C@@H]1OC(=O)CCn1cnc2ccccc2c1=O. The molecule has 1 aliphatic rings. The lowest BCUT2D eigenvalue weighted by Gasteiger charge is -2.18. The van der Waals surface area contributed by atoms with Gasteiger partial charge in [-0.05, 0) is 31.4 Å². The molecule has 1 fully saturated rings. The van der Waals surface area contributed by atoms with Crippen molar-refractivity contribution < 1.29 is 14.3 Å². The molecule has 6 nitrogen and oxygen atoms in total. The molecule has 0 bridgehead atoms. The fourth-order valence-electron chi connectivity index (χ4n) is 3.00. The minimum absolute atomic E-state index is 0.0102. The first-order valence-electron chi connectivity index (χ1n) is 7.85. The number of methoxy groups -OCH3 is 1. The summed E-state index contributed by atoms with van der Waals surface area (Å²) in [5.41, 5.74) is 0.518. The van der Waals surface area contributed by atoms with Crippen molar-refractivity contribution in [2.45, 2.75) is 44.4 Å². The fraction of sp³-hybridized carbons (Fsp3) is 0.471. The molecule has 1 heterocycles. The van der Waals surface area contributed by atoms with Gasteiger partial charge in [0.15, 0.2) is 0 Å². The first-order valence-corrected chi connectivity index (χ1v) is 7.85. The second kappa shape index (κ2) is 6.91. The number of aromatic nitrogens is 2. The Morgan fingerprint density at radius 1 is 1.30 bits per heavy atom. The number of hydrogen-bond donors (Lipinski definition) is 0. The van der Waals surface area contributed by atoms with Crippen molar-refractivity contribution in [3.63, 3.8) is 0 Å². The summed E-state index contributed by atoms with van der Waals surface area (Å²) < 4.78 is 12.2. The summed E-state index contributed by atoms with van der Waals surface area (Å²) in [5, 5.41) is 0.554. The van der Waals surface area contributed by atoms with Crippen LogP contribution in [0.4, 0.5) is 0 Å². The number of nitrogens with zero attached hydrogens (tertiary/aromatic N) is 2. The van der Waals surface area contributed by atoms with Gasteiger partial charge in [-0.2, -0.15) is 0 Å². The quantitative estimate of drug-likeness (QED) is 0.788. The molecular formula is C17H20N2O4. The third-order valence-electron chi connectivity index (χ3n) is 4.27. The second-order valence-electron chi connectivity index (χ2n) is 5.74. The van der Waals surface area contributed by atoms with E-state index in [1.165, 1.54) is 10.9 Å². The average molecular weight is 316 g/mol. The van der Waals surface area contributed by atoms with Crippen LogP contribution < -0.4 is 5.56 Å². The molecule has 0 radical (unpaired) electrons. The lowest BCUT2D eigenvalue weighted by molar-refractivity contribution is -0.154. The van der Waals surface area contributed by atoms with Gasteiger partial charge >= 0.3 is 5.97 Å². The largest absolute Gasteiger partial charge is 0.460 e. The molecule has 1 aliphatic carbocycles. The zero-order valence-electron chi connectivity index (χ0n) is 13.1. The van der Waals surface area contributed by atoms with Crippen molar-refractivity contribution >= 4 is 16.9 Å². The highest BCUT2D eigenvalue weighted by molar-refractivity contribution is 5.77. The standard InChI is InChI=1S/C17H20N2O4/c1-22-14-7-4-8-15(14)23-16(20)9-10-19-11-18-13-6-3-2-5-12(13)17(19)21/h2-3,5-6,11,14-15H,4,7-10H2,1H3/t14-,15-/m0/s1. The molecule has 1 aromatic heterocycles. The summed E-state index contributed by atoms with van der Waals surface area (Å²) in [4.78, 5) is 28.6. The van der Waals surface area contributed by atoms with Crippen LogP contribution in [0.25, 0.3) is 10.9 Å². The third kappa shape index (κ3) is 3.42. The van der Waals surface area contributed by atoms with E-state index >= 15 is 0 Å². The highest BCUT2D eigenvalue weighted by Crippen LogP contribution is 2.24. The molecule has 0 saturated heterocycles. The Morgan fingerprint density at radius 3 is 2.91 bits per heavy atom. The number of benzene rings is 1. The molecule has 2 atom stereocenters. The van der Waals surface area contributed by atoms with Crippen LogP contribution in [0.1, 0.15) is 25.7 Å². The van der Waals surface area contributed by atoms with Crippen LogP contribution in [0.5, 0.6) is 0 Å². The minimum Gasteiger partial charge on any atom is -0.460 e. The number of rotatable bonds is 5. The Morgan fingerprint density at radius 2 is 2.09 bits per heavy atom. The van der Waals surface area contributed by atoms with Crippen molar-refractivity contribution in [2.24, 2.45) is 0 Å². The molecular weight excluding hydrogens is 296 g/mol. The maximum Gasteiger partial charge on any atom is 0.307 e. The van der Waals surface area contributed by atoms with Gasteiger partial charge in [0.25, 0.3) is 5.56 Å². The van der Waals surface area contributed by atoms with Crippen LogP contribution in [-0.2, 0) is 20.8 Å². The van der Waals surface area contributed by atoms with Gasteiger partial charge in [0.05, 0.1) is 29.8 Å². The summed E-state index contributed by atoms with van der Waals surface area (Å²) >= 11 is 0. The Balaban J connectivity index is 1.63. The smallest absolute Gasteiger partial charge is 0.307 e. The fourth-order valence-corrected chi connectivity index (χ4v) is 3.00. The molecule has 6 heteroatoms. The average Bonchev–Trinajstić information content (AvgIpc) is 3.01. The zero-order chi connectivity index (χ0) is 16.2. The molecule has 2 aromatic rings. The Labute approximate surface area is 134 Å². The van der Waals surface area contributed by atoms with Crippen LogP contribution in [0.3, 0.4) is 0 Å². The van der Waals surface area contributed by atoms with Gasteiger partial charge in [0.2, 0.25) is 0 Å². The molecule has 23 heavy (non-hydrogen) atoms. The highest BCUT2D eigenvalue weighted by Gasteiger charge is 2.30. The predicted molar refractivity (Wildman–Crippen MR) is 85.1 cm³/mol. The van der Waals surface area contributed by atoms with E-state index in [1.54, 1.807) is 25.3 Å². The van der Waals surface area contributed by atoms with E-state index in [9.17, 15) is 9.59 Å². The normalized spacial score (nSPS) is 20.7. The van der Waals surface area contributed by atoms with Crippen molar-refractivity contribution in [3.05, 3.63) is 40.9 Å². The van der Waals surface area contributed by atoms with E-state index in [1.807, 2.05) is 6.07 Å². The molecule has 0 aliphatic heterocycles. The number of esters is 1. The second-order valence-corrected chi connectivity index (χ2v) is 5.74. The number of para-hydroxylation sites is 1. The maximum absolute atomic E-state index is 12.3. The lowest BCUT2D eigenvalue weighted by Crippen LogP contribution is -2.29. The summed E-state index contributed by atoms with van der Waals surface area (Å²) in [5.74, 6) is -0.306. The van der Waals surface area contributed by atoms with Crippen LogP contribution in [0.15, 0.2) is 35.4 Å². The Bertz CT molecular complexity index is 756. The molecule has 1 aromatic carbocycles.